The zero-order chi connectivity index (χ0) is 45.8. The highest BCUT2D eigenvalue weighted by molar-refractivity contribution is 5.75. The van der Waals surface area contributed by atoms with Gasteiger partial charge in [-0.3, -0.25) is 28.8 Å². The molecular weight excluding hydrogens is 796 g/mol. The molecular formula is C45H82O16. The summed E-state index contributed by atoms with van der Waals surface area (Å²) in [5.41, 5.74) is -0.417. The molecule has 0 fully saturated rings. The molecule has 16 heteroatoms. The van der Waals surface area contributed by atoms with Crippen LogP contribution in [0.4, 0.5) is 0 Å². The third-order valence-corrected chi connectivity index (χ3v) is 9.44. The van der Waals surface area contributed by atoms with Gasteiger partial charge in [0, 0.05) is 46.0 Å². The predicted octanol–water partition coefficient (Wildman–Crippen LogP) is 7.58. The normalized spacial score (nSPS) is 11.5. The summed E-state index contributed by atoms with van der Waals surface area (Å²) in [5, 5.41) is 8.55. The average Bonchev–Trinajstić information content (AvgIpc) is 3.24. The van der Waals surface area contributed by atoms with Crippen LogP contribution in [0.25, 0.3) is 0 Å². The molecule has 0 aromatic carbocycles. The minimum Gasteiger partial charge on any atom is -0.481 e. The Hall–Kier alpha value is -3.34. The number of carbonyl (C=O) groups excluding carboxylic acids is 5. The molecule has 0 aliphatic rings. The maximum absolute atomic E-state index is 11.8. The Bertz CT molecular complexity index is 1110. The Labute approximate surface area is 366 Å². The first-order valence-corrected chi connectivity index (χ1v) is 22.5. The summed E-state index contributed by atoms with van der Waals surface area (Å²) < 4.78 is 46.8. The van der Waals surface area contributed by atoms with E-state index in [-0.39, 0.29) is 42.2 Å². The van der Waals surface area contributed by atoms with Gasteiger partial charge in [0.1, 0.15) is 6.61 Å². The Balaban J connectivity index is 0. The van der Waals surface area contributed by atoms with Crippen molar-refractivity contribution in [3.8, 4) is 0 Å². The molecule has 0 aliphatic carbocycles. The van der Waals surface area contributed by atoms with Crippen LogP contribution in [0.2, 0.25) is 0 Å². The second kappa shape index (κ2) is 43.3. The highest BCUT2D eigenvalue weighted by Crippen LogP contribution is 2.21. The lowest BCUT2D eigenvalue weighted by molar-refractivity contribution is -0.155. The summed E-state index contributed by atoms with van der Waals surface area (Å²) in [7, 11) is 1.64. The Kier molecular flexibility index (Phi) is 42.4. The molecule has 0 bridgehead atoms. The van der Waals surface area contributed by atoms with Gasteiger partial charge in [-0.1, -0.05) is 20.8 Å². The van der Waals surface area contributed by atoms with E-state index in [0.29, 0.717) is 143 Å². The lowest BCUT2D eigenvalue weighted by Crippen LogP contribution is -2.27. The highest BCUT2D eigenvalue weighted by atomic mass is 16.6. The largest absolute Gasteiger partial charge is 0.481 e. The van der Waals surface area contributed by atoms with Gasteiger partial charge in [-0.05, 0) is 110 Å². The Morgan fingerprint density at radius 1 is 0.459 bits per heavy atom. The molecule has 1 N–H and O–H groups in total. The van der Waals surface area contributed by atoms with E-state index in [0.717, 1.165) is 51.4 Å². The van der Waals surface area contributed by atoms with Crippen molar-refractivity contribution in [2.24, 2.45) is 11.3 Å². The third-order valence-electron chi connectivity index (χ3n) is 9.44. The molecule has 1 unspecified atom stereocenters. The molecule has 0 saturated heterocycles. The maximum atomic E-state index is 11.8. The van der Waals surface area contributed by atoms with Gasteiger partial charge in [-0.2, -0.15) is 0 Å². The van der Waals surface area contributed by atoms with Gasteiger partial charge < -0.3 is 47.7 Å². The summed E-state index contributed by atoms with van der Waals surface area (Å²) >= 11 is 0. The predicted molar refractivity (Wildman–Crippen MR) is 229 cm³/mol. The smallest absolute Gasteiger partial charge is 0.311 e. The van der Waals surface area contributed by atoms with Gasteiger partial charge in [0.05, 0.1) is 70.8 Å². The minimum atomic E-state index is -0.813. The van der Waals surface area contributed by atoms with Gasteiger partial charge in [-0.25, -0.2) is 0 Å². The van der Waals surface area contributed by atoms with Crippen LogP contribution in [0.3, 0.4) is 0 Å². The van der Waals surface area contributed by atoms with E-state index >= 15 is 0 Å². The number of methoxy groups -OCH3 is 1. The van der Waals surface area contributed by atoms with Crippen LogP contribution in [0.5, 0.6) is 0 Å². The van der Waals surface area contributed by atoms with Gasteiger partial charge in [0.2, 0.25) is 0 Å². The number of esters is 5. The highest BCUT2D eigenvalue weighted by Gasteiger charge is 2.26. The number of carboxylic acids is 1. The molecule has 1 atom stereocenters. The second-order valence-electron chi connectivity index (χ2n) is 15.3. The van der Waals surface area contributed by atoms with Gasteiger partial charge in [-0.15, -0.1) is 0 Å². The van der Waals surface area contributed by atoms with Crippen LogP contribution < -0.4 is 0 Å². The van der Waals surface area contributed by atoms with Crippen molar-refractivity contribution in [1.82, 2.24) is 0 Å². The number of ether oxygens (including phenoxy) is 9. The standard InChI is InChI=1S/C29H50O10.C16H32O6/c1-3-24(2)29(35)39-23-15-7-11-19-28(34)38-22-14-6-10-18-27(33)37-21-13-5-9-17-26(32)36-20-12-4-8-16-25(30)31;1-5-16(2,3)15(17)22-14-13-20-8-6-7-19-11-12-21-10-9-18-4/h24H,3-23H2,1-2H3,(H,30,31);5-14H2,1-4H3. The second-order valence-corrected chi connectivity index (χ2v) is 15.3. The van der Waals surface area contributed by atoms with Crippen LogP contribution in [0.1, 0.15) is 157 Å². The van der Waals surface area contributed by atoms with Gasteiger partial charge in [0.25, 0.3) is 0 Å². The number of carbonyl (C=O) groups is 6. The van der Waals surface area contributed by atoms with Crippen LogP contribution >= 0.6 is 0 Å². The fourth-order valence-electron chi connectivity index (χ4n) is 4.82. The average molecular weight is 879 g/mol. The van der Waals surface area contributed by atoms with Crippen LogP contribution in [-0.4, -0.2) is 127 Å². The van der Waals surface area contributed by atoms with Gasteiger partial charge in [0.15, 0.2) is 0 Å². The number of rotatable bonds is 41. The van der Waals surface area contributed by atoms with E-state index in [2.05, 4.69) is 0 Å². The summed E-state index contributed by atoms with van der Waals surface area (Å²) in [4.78, 5) is 68.8. The Morgan fingerprint density at radius 2 is 0.852 bits per heavy atom. The lowest BCUT2D eigenvalue weighted by atomic mass is 9.91. The topological polar surface area (TPSA) is 206 Å². The SMILES string of the molecule is CCC(C)(C)C(=O)OCCOCCCOCCOCCOC.CCC(C)C(=O)OCCCCCC(=O)OCCCCCC(=O)OCCCCCC(=O)OCCCCCC(=O)O. The Morgan fingerprint density at radius 3 is 1.26 bits per heavy atom. The van der Waals surface area contributed by atoms with Crippen molar-refractivity contribution >= 4 is 35.8 Å². The molecule has 0 amide bonds. The zero-order valence-electron chi connectivity index (χ0n) is 38.6. The molecule has 61 heavy (non-hydrogen) atoms. The molecule has 0 saturated carbocycles. The van der Waals surface area contributed by atoms with Crippen molar-refractivity contribution < 1.29 is 76.5 Å². The molecule has 0 heterocycles. The molecule has 0 aromatic rings. The van der Waals surface area contributed by atoms with Crippen molar-refractivity contribution in [2.45, 2.75) is 157 Å². The van der Waals surface area contributed by atoms with E-state index in [9.17, 15) is 28.8 Å². The number of unbranched alkanes of at least 4 members (excludes halogenated alkanes) is 8. The lowest BCUT2D eigenvalue weighted by Gasteiger charge is -2.20. The molecule has 0 spiro atoms. The first kappa shape index (κ1) is 59.8. The first-order chi connectivity index (χ1) is 29.3. The van der Waals surface area contributed by atoms with Crippen molar-refractivity contribution in [3.63, 3.8) is 0 Å². The van der Waals surface area contributed by atoms with E-state index in [1.165, 1.54) is 0 Å². The summed E-state index contributed by atoms with van der Waals surface area (Å²) in [6, 6.07) is 0. The maximum Gasteiger partial charge on any atom is 0.311 e. The molecule has 16 nitrogen and oxygen atoms in total. The number of carboxylic acid groups (broad SMARTS) is 1. The van der Waals surface area contributed by atoms with E-state index < -0.39 is 11.4 Å². The van der Waals surface area contributed by atoms with Crippen molar-refractivity contribution in [3.05, 3.63) is 0 Å². The summed E-state index contributed by atoms with van der Waals surface area (Å²) in [6.45, 7) is 15.2. The molecule has 358 valence electrons. The van der Waals surface area contributed by atoms with E-state index in [4.69, 9.17) is 47.7 Å². The minimum absolute atomic E-state index is 0.0751. The molecule has 0 rings (SSSR count). The van der Waals surface area contributed by atoms with Crippen molar-refractivity contribution in [2.75, 3.05) is 86.4 Å². The summed E-state index contributed by atoms with van der Waals surface area (Å²) in [5.74, 6) is -1.96. The van der Waals surface area contributed by atoms with Crippen LogP contribution in [-0.2, 0) is 71.4 Å². The third kappa shape index (κ3) is 43.1. The van der Waals surface area contributed by atoms with E-state index in [1.807, 2.05) is 34.6 Å². The van der Waals surface area contributed by atoms with Crippen molar-refractivity contribution in [1.29, 1.82) is 0 Å². The molecule has 0 aliphatic heterocycles. The molecule has 0 aromatic heterocycles. The fraction of sp³-hybridized carbons (Fsp3) is 0.867. The van der Waals surface area contributed by atoms with Crippen LogP contribution in [0.15, 0.2) is 0 Å². The van der Waals surface area contributed by atoms with Crippen LogP contribution in [0, 0.1) is 11.3 Å². The quantitative estimate of drug-likeness (QED) is 0.0357. The first-order valence-electron chi connectivity index (χ1n) is 22.5. The van der Waals surface area contributed by atoms with E-state index in [1.54, 1.807) is 7.11 Å². The molecule has 0 radical (unpaired) electrons. The zero-order valence-corrected chi connectivity index (χ0v) is 38.6. The fourth-order valence-corrected chi connectivity index (χ4v) is 4.82. The number of aliphatic carboxylic acids is 1. The number of hydrogen-bond acceptors (Lipinski definition) is 15. The monoisotopic (exact) mass is 879 g/mol. The van der Waals surface area contributed by atoms with Gasteiger partial charge >= 0.3 is 35.8 Å². The number of hydrogen-bond donors (Lipinski definition) is 1. The summed E-state index contributed by atoms with van der Waals surface area (Å²) in [6.07, 6.45) is 12.0.